The number of nitrogens with one attached hydrogen (secondary N) is 1. The number of rotatable bonds is 2. The van der Waals surface area contributed by atoms with E-state index >= 15 is 0 Å². The zero-order valence-electron chi connectivity index (χ0n) is 10.3. The summed E-state index contributed by atoms with van der Waals surface area (Å²) in [5.74, 6) is 1.26. The van der Waals surface area contributed by atoms with Crippen LogP contribution in [-0.4, -0.2) is 12.2 Å². The lowest BCUT2D eigenvalue weighted by atomic mass is 9.67. The molecule has 2 bridgehead atoms. The molecule has 0 saturated heterocycles. The summed E-state index contributed by atoms with van der Waals surface area (Å²) < 4.78 is 0. The SMILES string of the molecule is CC1(C)[C@@H]2CC[C@]1(C)[C@H](/C=N\NC(N)=O)C2. The van der Waals surface area contributed by atoms with E-state index in [4.69, 9.17) is 5.73 Å². The van der Waals surface area contributed by atoms with Crippen molar-refractivity contribution >= 4 is 12.2 Å². The van der Waals surface area contributed by atoms with Crippen molar-refractivity contribution in [2.75, 3.05) is 0 Å². The van der Waals surface area contributed by atoms with E-state index in [0.717, 1.165) is 5.92 Å². The summed E-state index contributed by atoms with van der Waals surface area (Å²) in [4.78, 5) is 10.5. The van der Waals surface area contributed by atoms with Gasteiger partial charge < -0.3 is 5.73 Å². The predicted molar refractivity (Wildman–Crippen MR) is 63.9 cm³/mol. The van der Waals surface area contributed by atoms with Crippen molar-refractivity contribution in [1.29, 1.82) is 0 Å². The molecule has 0 unspecified atom stereocenters. The molecule has 4 nitrogen and oxygen atoms in total. The first kappa shape index (κ1) is 11.4. The highest BCUT2D eigenvalue weighted by atomic mass is 16.2. The van der Waals surface area contributed by atoms with E-state index in [2.05, 4.69) is 31.3 Å². The summed E-state index contributed by atoms with van der Waals surface area (Å²) in [5, 5.41) is 3.93. The van der Waals surface area contributed by atoms with Crippen LogP contribution in [0, 0.1) is 22.7 Å². The van der Waals surface area contributed by atoms with Crippen LogP contribution in [0.1, 0.15) is 40.0 Å². The summed E-state index contributed by atoms with van der Waals surface area (Å²) in [6, 6.07) is -0.594. The predicted octanol–water partition coefficient (Wildman–Crippen LogP) is 2.10. The fourth-order valence-corrected chi connectivity index (χ4v) is 3.68. The summed E-state index contributed by atoms with van der Waals surface area (Å²) in [6.07, 6.45) is 5.66. The van der Waals surface area contributed by atoms with Gasteiger partial charge in [-0.3, -0.25) is 0 Å². The molecule has 2 aliphatic rings. The van der Waals surface area contributed by atoms with E-state index in [0.29, 0.717) is 16.7 Å². The van der Waals surface area contributed by atoms with Crippen LogP contribution in [0.3, 0.4) is 0 Å². The third kappa shape index (κ3) is 1.43. The van der Waals surface area contributed by atoms with Gasteiger partial charge in [-0.1, -0.05) is 20.8 Å². The molecule has 2 rings (SSSR count). The standard InChI is InChI=1S/C12H21N3O/c1-11(2)8-4-5-12(11,3)9(6-8)7-14-15-10(13)16/h7-9H,4-6H2,1-3H3,(H3,13,15,16)/b14-7-/t8-,9+,12-/m1/s1. The Morgan fingerprint density at radius 1 is 1.50 bits per heavy atom. The molecule has 2 amide bonds. The van der Waals surface area contributed by atoms with Crippen LogP contribution in [0.4, 0.5) is 4.79 Å². The summed E-state index contributed by atoms with van der Waals surface area (Å²) in [5.41, 5.74) is 7.97. The number of urea groups is 1. The number of nitrogens with zero attached hydrogens (tertiary/aromatic N) is 1. The molecule has 2 aliphatic carbocycles. The summed E-state index contributed by atoms with van der Waals surface area (Å²) >= 11 is 0. The number of nitrogens with two attached hydrogens (primary N) is 1. The first-order chi connectivity index (χ1) is 7.38. The number of hydrogen-bond donors (Lipinski definition) is 2. The van der Waals surface area contributed by atoms with E-state index in [9.17, 15) is 4.79 Å². The van der Waals surface area contributed by atoms with Crippen LogP contribution in [0.15, 0.2) is 5.10 Å². The largest absolute Gasteiger partial charge is 0.350 e. The monoisotopic (exact) mass is 223 g/mol. The molecule has 2 fully saturated rings. The molecule has 4 heteroatoms. The first-order valence-corrected chi connectivity index (χ1v) is 5.96. The number of carbonyl (C=O) groups excluding carboxylic acids is 1. The fourth-order valence-electron chi connectivity index (χ4n) is 3.68. The number of amides is 2. The smallest absolute Gasteiger partial charge is 0.332 e. The van der Waals surface area contributed by atoms with Crippen molar-refractivity contribution in [3.8, 4) is 0 Å². The van der Waals surface area contributed by atoms with Gasteiger partial charge in [0, 0.05) is 12.1 Å². The van der Waals surface area contributed by atoms with Gasteiger partial charge in [0.05, 0.1) is 0 Å². The second-order valence-electron chi connectivity index (χ2n) is 5.97. The van der Waals surface area contributed by atoms with Crippen LogP contribution in [0.5, 0.6) is 0 Å². The maximum absolute atomic E-state index is 10.5. The number of primary amides is 1. The van der Waals surface area contributed by atoms with E-state index in [1.54, 1.807) is 0 Å². The molecule has 0 heterocycles. The van der Waals surface area contributed by atoms with Crippen molar-refractivity contribution in [2.45, 2.75) is 40.0 Å². The molecule has 0 aromatic heterocycles. The van der Waals surface area contributed by atoms with Gasteiger partial charge in [-0.15, -0.1) is 0 Å². The molecule has 16 heavy (non-hydrogen) atoms. The lowest BCUT2D eigenvalue weighted by Gasteiger charge is -2.37. The van der Waals surface area contributed by atoms with Crippen LogP contribution in [-0.2, 0) is 0 Å². The quantitative estimate of drug-likeness (QED) is 0.546. The normalized spacial score (nSPS) is 40.4. The van der Waals surface area contributed by atoms with Crippen molar-refractivity contribution in [3.63, 3.8) is 0 Å². The van der Waals surface area contributed by atoms with Crippen molar-refractivity contribution in [2.24, 2.45) is 33.5 Å². The number of fused-ring (bicyclic) bond motifs is 2. The van der Waals surface area contributed by atoms with E-state index in [1.807, 2.05) is 6.21 Å². The fraction of sp³-hybridized carbons (Fsp3) is 0.833. The Labute approximate surface area is 96.7 Å². The van der Waals surface area contributed by atoms with Crippen LogP contribution in [0.2, 0.25) is 0 Å². The molecule has 90 valence electrons. The molecule has 2 saturated carbocycles. The second-order valence-corrected chi connectivity index (χ2v) is 5.97. The van der Waals surface area contributed by atoms with Gasteiger partial charge in [-0.05, 0) is 36.0 Å². The number of hydrogen-bond acceptors (Lipinski definition) is 2. The lowest BCUT2D eigenvalue weighted by Crippen LogP contribution is -2.33. The Morgan fingerprint density at radius 3 is 2.62 bits per heavy atom. The highest BCUT2D eigenvalue weighted by Gasteiger charge is 2.60. The van der Waals surface area contributed by atoms with E-state index in [1.165, 1.54) is 19.3 Å². The zero-order chi connectivity index (χ0) is 12.0. The van der Waals surface area contributed by atoms with Gasteiger partial charge >= 0.3 is 6.03 Å². The first-order valence-electron chi connectivity index (χ1n) is 5.96. The lowest BCUT2D eigenvalue weighted by molar-refractivity contribution is 0.132. The van der Waals surface area contributed by atoms with Crippen LogP contribution >= 0.6 is 0 Å². The van der Waals surface area contributed by atoms with Gasteiger partial charge in [0.1, 0.15) is 0 Å². The van der Waals surface area contributed by atoms with Crippen molar-refractivity contribution < 1.29 is 4.79 Å². The third-order valence-corrected chi connectivity index (χ3v) is 5.29. The summed E-state index contributed by atoms with van der Waals surface area (Å²) in [7, 11) is 0. The molecule has 3 N–H and O–H groups in total. The average molecular weight is 223 g/mol. The minimum Gasteiger partial charge on any atom is -0.350 e. The van der Waals surface area contributed by atoms with Gasteiger partial charge in [-0.25, -0.2) is 10.2 Å². The Hall–Kier alpha value is -1.06. The molecular formula is C12H21N3O. The Bertz CT molecular complexity index is 337. The molecule has 3 atom stereocenters. The van der Waals surface area contributed by atoms with Gasteiger partial charge in [-0.2, -0.15) is 5.10 Å². The van der Waals surface area contributed by atoms with Crippen molar-refractivity contribution in [3.05, 3.63) is 0 Å². The molecular weight excluding hydrogens is 202 g/mol. The Balaban J connectivity index is 2.10. The molecule has 0 aromatic carbocycles. The Kier molecular flexibility index (Phi) is 2.48. The van der Waals surface area contributed by atoms with E-state index in [-0.39, 0.29) is 0 Å². The molecule has 0 aromatic rings. The number of carbonyl (C=O) groups is 1. The maximum atomic E-state index is 10.5. The molecule has 0 spiro atoms. The van der Waals surface area contributed by atoms with Gasteiger partial charge in [0.25, 0.3) is 0 Å². The van der Waals surface area contributed by atoms with E-state index < -0.39 is 6.03 Å². The molecule has 0 aliphatic heterocycles. The second kappa shape index (κ2) is 3.47. The minimum atomic E-state index is -0.594. The van der Waals surface area contributed by atoms with Crippen molar-refractivity contribution in [1.82, 2.24) is 5.43 Å². The highest BCUT2D eigenvalue weighted by Crippen LogP contribution is 2.67. The van der Waals surface area contributed by atoms with Crippen LogP contribution < -0.4 is 11.2 Å². The average Bonchev–Trinajstić information content (AvgIpc) is 2.49. The maximum Gasteiger partial charge on any atom is 0.332 e. The zero-order valence-corrected chi connectivity index (χ0v) is 10.3. The van der Waals surface area contributed by atoms with Crippen LogP contribution in [0.25, 0.3) is 0 Å². The Morgan fingerprint density at radius 2 is 2.19 bits per heavy atom. The van der Waals surface area contributed by atoms with Gasteiger partial charge in [0.2, 0.25) is 0 Å². The topological polar surface area (TPSA) is 67.5 Å². The molecule has 0 radical (unpaired) electrons. The number of hydrazone groups is 1. The van der Waals surface area contributed by atoms with Gasteiger partial charge in [0.15, 0.2) is 0 Å². The third-order valence-electron chi connectivity index (χ3n) is 5.29. The highest BCUT2D eigenvalue weighted by molar-refractivity contribution is 5.73. The summed E-state index contributed by atoms with van der Waals surface area (Å²) in [6.45, 7) is 7.07. The minimum absolute atomic E-state index is 0.320.